The van der Waals surface area contributed by atoms with Crippen LogP contribution in [0.4, 0.5) is 17.1 Å². The van der Waals surface area contributed by atoms with E-state index in [9.17, 15) is 0 Å². The summed E-state index contributed by atoms with van der Waals surface area (Å²) in [6, 6.07) is 40.0. The fraction of sp³-hybridized carbons (Fsp3) is 0.0625. The molecule has 0 heterocycles. The van der Waals surface area contributed by atoms with Crippen LogP contribution < -0.4 is 4.90 Å². The first-order chi connectivity index (χ1) is 16.7. The van der Waals surface area contributed by atoms with Crippen LogP contribution in [0.3, 0.4) is 0 Å². The van der Waals surface area contributed by atoms with Crippen LogP contribution in [0.15, 0.2) is 114 Å². The van der Waals surface area contributed by atoms with E-state index in [1.165, 1.54) is 55.9 Å². The molecule has 0 spiro atoms. The topological polar surface area (TPSA) is 3.24 Å². The molecule has 7 rings (SSSR count). The van der Waals surface area contributed by atoms with Gasteiger partial charge in [0.25, 0.3) is 0 Å². The van der Waals surface area contributed by atoms with E-state index in [1.54, 1.807) is 0 Å². The van der Waals surface area contributed by atoms with Crippen molar-refractivity contribution in [1.82, 2.24) is 0 Å². The summed E-state index contributed by atoms with van der Waals surface area (Å²) in [5, 5.41) is 0. The number of benzene rings is 5. The summed E-state index contributed by atoms with van der Waals surface area (Å²) in [4.78, 5) is 2.39. The molecule has 0 N–H and O–H groups in total. The van der Waals surface area contributed by atoms with E-state index in [4.69, 9.17) is 0 Å². The Bertz CT molecular complexity index is 1470. The highest BCUT2D eigenvalue weighted by Crippen LogP contribution is 2.44. The standard InChI is InChI=1S/C32H22BrN/c33-25-9-11-26(12-10-25)34(27-13-15-31-23(19-27)17-21-5-1-3-7-29(21)31)28-14-16-32-24(20-28)18-22-6-2-4-8-30(22)32/h1-16,19-20H,17-18H2. The van der Waals surface area contributed by atoms with Crippen molar-refractivity contribution in [3.63, 3.8) is 0 Å². The van der Waals surface area contributed by atoms with Crippen molar-refractivity contribution in [3.8, 4) is 22.3 Å². The van der Waals surface area contributed by atoms with Crippen LogP contribution in [-0.4, -0.2) is 0 Å². The Balaban J connectivity index is 1.35. The zero-order valence-corrected chi connectivity index (χ0v) is 20.2. The zero-order chi connectivity index (χ0) is 22.6. The SMILES string of the molecule is Brc1ccc(N(c2ccc3c(c2)Cc2ccccc2-3)c2ccc3c(c2)Cc2ccccc2-3)cc1. The van der Waals surface area contributed by atoms with Crippen LogP contribution in [0, 0.1) is 0 Å². The Labute approximate surface area is 208 Å². The van der Waals surface area contributed by atoms with Gasteiger partial charge in [0.2, 0.25) is 0 Å². The van der Waals surface area contributed by atoms with Crippen LogP contribution in [-0.2, 0) is 12.8 Å². The average molecular weight is 500 g/mol. The lowest BCUT2D eigenvalue weighted by molar-refractivity contribution is 1.21. The van der Waals surface area contributed by atoms with Crippen molar-refractivity contribution in [1.29, 1.82) is 0 Å². The van der Waals surface area contributed by atoms with E-state index in [1.807, 2.05) is 0 Å². The molecule has 0 aromatic heterocycles. The second-order valence-electron chi connectivity index (χ2n) is 9.16. The van der Waals surface area contributed by atoms with E-state index >= 15 is 0 Å². The molecule has 0 amide bonds. The molecule has 0 bridgehead atoms. The molecule has 5 aromatic rings. The van der Waals surface area contributed by atoms with E-state index in [2.05, 4.69) is 130 Å². The Kier molecular flexibility index (Phi) is 4.50. The molecule has 5 aromatic carbocycles. The monoisotopic (exact) mass is 499 g/mol. The second-order valence-corrected chi connectivity index (χ2v) is 10.1. The molecule has 2 heteroatoms. The number of rotatable bonds is 3. The van der Waals surface area contributed by atoms with Crippen molar-refractivity contribution < 1.29 is 0 Å². The van der Waals surface area contributed by atoms with Crippen LogP contribution >= 0.6 is 15.9 Å². The van der Waals surface area contributed by atoms with Gasteiger partial charge in [0, 0.05) is 21.5 Å². The Morgan fingerprint density at radius 3 is 1.41 bits per heavy atom. The Morgan fingerprint density at radius 1 is 0.441 bits per heavy atom. The molecular formula is C32H22BrN. The van der Waals surface area contributed by atoms with Gasteiger partial charge in [-0.3, -0.25) is 0 Å². The summed E-state index contributed by atoms with van der Waals surface area (Å²) in [6.45, 7) is 0. The van der Waals surface area contributed by atoms with E-state index in [-0.39, 0.29) is 0 Å². The van der Waals surface area contributed by atoms with E-state index < -0.39 is 0 Å². The summed E-state index contributed by atoms with van der Waals surface area (Å²) >= 11 is 3.60. The summed E-state index contributed by atoms with van der Waals surface area (Å²) in [6.07, 6.45) is 1.99. The minimum absolute atomic E-state index is 0.993. The van der Waals surface area contributed by atoms with Gasteiger partial charge < -0.3 is 4.90 Å². The zero-order valence-electron chi connectivity index (χ0n) is 18.6. The quantitative estimate of drug-likeness (QED) is 0.234. The molecule has 0 saturated heterocycles. The predicted octanol–water partition coefficient (Wildman–Crippen LogP) is 9.06. The van der Waals surface area contributed by atoms with Gasteiger partial charge in [-0.1, -0.05) is 76.6 Å². The van der Waals surface area contributed by atoms with Gasteiger partial charge in [-0.2, -0.15) is 0 Å². The number of anilines is 3. The minimum atomic E-state index is 0.993. The van der Waals surface area contributed by atoms with Gasteiger partial charge in [0.1, 0.15) is 0 Å². The first-order valence-corrected chi connectivity index (χ1v) is 12.5. The van der Waals surface area contributed by atoms with E-state index in [0.29, 0.717) is 0 Å². The van der Waals surface area contributed by atoms with Crippen LogP contribution in [0.2, 0.25) is 0 Å². The fourth-order valence-electron chi connectivity index (χ4n) is 5.58. The molecular weight excluding hydrogens is 478 g/mol. The van der Waals surface area contributed by atoms with Gasteiger partial charge in [0.05, 0.1) is 0 Å². The minimum Gasteiger partial charge on any atom is -0.310 e. The smallest absolute Gasteiger partial charge is 0.0464 e. The van der Waals surface area contributed by atoms with Gasteiger partial charge in [-0.25, -0.2) is 0 Å². The highest BCUT2D eigenvalue weighted by Gasteiger charge is 2.23. The number of fused-ring (bicyclic) bond motifs is 6. The second kappa shape index (κ2) is 7.72. The Hall–Kier alpha value is -3.62. The van der Waals surface area contributed by atoms with Crippen molar-refractivity contribution in [2.45, 2.75) is 12.8 Å². The third kappa shape index (κ3) is 3.13. The number of halogens is 1. The molecule has 0 saturated carbocycles. The molecule has 0 atom stereocenters. The molecule has 162 valence electrons. The first-order valence-electron chi connectivity index (χ1n) is 11.7. The maximum absolute atomic E-state index is 3.60. The van der Waals surface area contributed by atoms with Gasteiger partial charge in [-0.15, -0.1) is 0 Å². The summed E-state index contributed by atoms with van der Waals surface area (Å²) in [5.74, 6) is 0. The largest absolute Gasteiger partial charge is 0.310 e. The maximum atomic E-state index is 3.60. The molecule has 1 nitrogen and oxygen atoms in total. The lowest BCUT2D eigenvalue weighted by atomic mass is 10.0. The maximum Gasteiger partial charge on any atom is 0.0464 e. The van der Waals surface area contributed by atoms with Crippen molar-refractivity contribution in [3.05, 3.63) is 136 Å². The van der Waals surface area contributed by atoms with Crippen molar-refractivity contribution in [2.75, 3.05) is 4.90 Å². The fourth-order valence-corrected chi connectivity index (χ4v) is 5.84. The third-order valence-corrected chi connectivity index (χ3v) is 7.68. The van der Waals surface area contributed by atoms with Crippen molar-refractivity contribution >= 4 is 33.0 Å². The molecule has 0 radical (unpaired) electrons. The van der Waals surface area contributed by atoms with E-state index in [0.717, 1.165) is 23.0 Å². The predicted molar refractivity (Wildman–Crippen MR) is 145 cm³/mol. The number of hydrogen-bond donors (Lipinski definition) is 0. The van der Waals surface area contributed by atoms with Crippen molar-refractivity contribution in [2.24, 2.45) is 0 Å². The highest BCUT2D eigenvalue weighted by molar-refractivity contribution is 9.10. The molecule has 34 heavy (non-hydrogen) atoms. The van der Waals surface area contributed by atoms with Crippen LogP contribution in [0.25, 0.3) is 22.3 Å². The molecule has 2 aliphatic carbocycles. The summed E-state index contributed by atoms with van der Waals surface area (Å²) < 4.78 is 1.09. The molecule has 0 aliphatic heterocycles. The first kappa shape index (κ1) is 19.8. The van der Waals surface area contributed by atoms with Gasteiger partial charge >= 0.3 is 0 Å². The number of hydrogen-bond acceptors (Lipinski definition) is 1. The summed E-state index contributed by atoms with van der Waals surface area (Å²) in [7, 11) is 0. The lowest BCUT2D eigenvalue weighted by Crippen LogP contribution is -2.10. The number of nitrogens with zero attached hydrogens (tertiary/aromatic N) is 1. The van der Waals surface area contributed by atoms with Crippen LogP contribution in [0.1, 0.15) is 22.3 Å². The molecule has 0 unspecified atom stereocenters. The lowest BCUT2D eigenvalue weighted by Gasteiger charge is -2.27. The van der Waals surface area contributed by atoms with Gasteiger partial charge in [0.15, 0.2) is 0 Å². The van der Waals surface area contributed by atoms with Gasteiger partial charge in [-0.05, 0) is 106 Å². The molecule has 0 fully saturated rings. The summed E-state index contributed by atoms with van der Waals surface area (Å²) in [5.41, 5.74) is 14.6. The Morgan fingerprint density at radius 2 is 0.882 bits per heavy atom. The third-order valence-electron chi connectivity index (χ3n) is 7.16. The highest BCUT2D eigenvalue weighted by atomic mass is 79.9. The molecule has 2 aliphatic rings. The van der Waals surface area contributed by atoms with Crippen LogP contribution in [0.5, 0.6) is 0 Å². The normalized spacial score (nSPS) is 12.6. The average Bonchev–Trinajstić information content (AvgIpc) is 3.43.